The molecule has 7 heteroatoms. The molecule has 4 nitrogen and oxygen atoms in total. The summed E-state index contributed by atoms with van der Waals surface area (Å²) in [5.41, 5.74) is 1.28. The Morgan fingerprint density at radius 3 is 2.52 bits per heavy atom. The molecule has 1 aliphatic rings. The molecule has 0 saturated carbocycles. The number of carbonyl (C=O) groups is 2. The quantitative estimate of drug-likeness (QED) is 0.800. The average Bonchev–Trinajstić information content (AvgIpc) is 3.02. The van der Waals surface area contributed by atoms with Crippen LogP contribution in [0.1, 0.15) is 12.5 Å². The van der Waals surface area contributed by atoms with E-state index in [1.54, 1.807) is 12.1 Å². The maximum absolute atomic E-state index is 14.0. The van der Waals surface area contributed by atoms with Crippen molar-refractivity contribution < 1.29 is 22.8 Å². The zero-order chi connectivity index (χ0) is 18.1. The van der Waals surface area contributed by atoms with Crippen molar-refractivity contribution in [2.45, 2.75) is 13.3 Å². The Bertz CT molecular complexity index is 854. The van der Waals surface area contributed by atoms with Gasteiger partial charge in [0.05, 0.1) is 5.69 Å². The molecule has 0 atom stereocenters. The predicted octanol–water partition coefficient (Wildman–Crippen LogP) is 3.05. The lowest BCUT2D eigenvalue weighted by molar-refractivity contribution is -0.121. The topological polar surface area (TPSA) is 40.6 Å². The number of hydrogen-bond acceptors (Lipinski definition) is 2. The molecule has 0 unspecified atom stereocenters. The normalized spacial score (nSPS) is 12.9. The van der Waals surface area contributed by atoms with E-state index in [1.807, 2.05) is 12.1 Å². The Hall–Kier alpha value is -2.83. The second-order valence-corrected chi connectivity index (χ2v) is 5.72. The van der Waals surface area contributed by atoms with Crippen LogP contribution in [-0.2, 0) is 16.0 Å². The number of halogens is 3. The molecule has 130 valence electrons. The molecule has 1 heterocycles. The minimum absolute atomic E-state index is 0.427. The van der Waals surface area contributed by atoms with Crippen molar-refractivity contribution in [3.8, 4) is 0 Å². The first kappa shape index (κ1) is 17.0. The fraction of sp³-hybridized carbons (Fsp3) is 0.222. The van der Waals surface area contributed by atoms with E-state index in [-0.39, 0.29) is 0 Å². The first-order valence-corrected chi connectivity index (χ1v) is 7.70. The summed E-state index contributed by atoms with van der Waals surface area (Å²) in [5.74, 6) is -5.60. The molecule has 25 heavy (non-hydrogen) atoms. The van der Waals surface area contributed by atoms with Gasteiger partial charge in [-0.3, -0.25) is 9.59 Å². The van der Waals surface area contributed by atoms with Crippen LogP contribution in [0.3, 0.4) is 0 Å². The maximum Gasteiger partial charge on any atom is 0.247 e. The molecule has 2 aromatic rings. The fourth-order valence-corrected chi connectivity index (χ4v) is 2.91. The number of para-hydroxylation sites is 1. The number of anilines is 2. The van der Waals surface area contributed by atoms with Crippen molar-refractivity contribution in [1.29, 1.82) is 0 Å². The molecule has 0 spiro atoms. The molecule has 0 aromatic heterocycles. The van der Waals surface area contributed by atoms with Crippen molar-refractivity contribution in [2.24, 2.45) is 0 Å². The van der Waals surface area contributed by atoms with Gasteiger partial charge in [-0.1, -0.05) is 18.2 Å². The molecule has 0 saturated heterocycles. The highest BCUT2D eigenvalue weighted by Crippen LogP contribution is 2.29. The largest absolute Gasteiger partial charge is 0.310 e. The number of carbonyl (C=O) groups excluding carboxylic acids is 2. The highest BCUT2D eigenvalue weighted by atomic mass is 19.2. The van der Waals surface area contributed by atoms with E-state index < -0.39 is 41.5 Å². The molecule has 0 aliphatic carbocycles. The molecule has 0 N–H and O–H groups in total. The van der Waals surface area contributed by atoms with E-state index in [2.05, 4.69) is 0 Å². The molecular weight excluding hydrogens is 333 g/mol. The van der Waals surface area contributed by atoms with Gasteiger partial charge in [0, 0.05) is 19.2 Å². The zero-order valence-electron chi connectivity index (χ0n) is 13.4. The summed E-state index contributed by atoms with van der Waals surface area (Å²) in [5, 5.41) is 0. The van der Waals surface area contributed by atoms with Crippen LogP contribution in [0.2, 0.25) is 0 Å². The second kappa shape index (κ2) is 6.58. The van der Waals surface area contributed by atoms with Crippen LogP contribution >= 0.6 is 0 Å². The van der Waals surface area contributed by atoms with Gasteiger partial charge in [-0.25, -0.2) is 13.2 Å². The molecule has 2 amide bonds. The predicted molar refractivity (Wildman–Crippen MR) is 86.8 cm³/mol. The summed E-state index contributed by atoms with van der Waals surface area (Å²) < 4.78 is 40.6. The van der Waals surface area contributed by atoms with Crippen LogP contribution in [0.25, 0.3) is 0 Å². The van der Waals surface area contributed by atoms with Crippen molar-refractivity contribution in [1.82, 2.24) is 0 Å². The summed E-state index contributed by atoms with van der Waals surface area (Å²) in [6, 6.07) is 9.02. The van der Waals surface area contributed by atoms with Gasteiger partial charge in [0.1, 0.15) is 6.54 Å². The Morgan fingerprint density at radius 2 is 1.80 bits per heavy atom. The van der Waals surface area contributed by atoms with Gasteiger partial charge in [-0.15, -0.1) is 0 Å². The van der Waals surface area contributed by atoms with Gasteiger partial charge in [0.25, 0.3) is 0 Å². The SMILES string of the molecule is CC(=O)N(CC(=O)N1CCc2ccccc21)c1ccc(F)c(F)c1F. The van der Waals surface area contributed by atoms with Gasteiger partial charge in [0.2, 0.25) is 11.8 Å². The maximum atomic E-state index is 14.0. The molecule has 2 aromatic carbocycles. The first-order chi connectivity index (χ1) is 11.9. The molecule has 0 fully saturated rings. The van der Waals surface area contributed by atoms with E-state index in [4.69, 9.17) is 0 Å². The summed E-state index contributed by atoms with van der Waals surface area (Å²) in [7, 11) is 0. The average molecular weight is 348 g/mol. The van der Waals surface area contributed by atoms with Crippen molar-refractivity contribution in [2.75, 3.05) is 22.9 Å². The first-order valence-electron chi connectivity index (χ1n) is 7.70. The van der Waals surface area contributed by atoms with Gasteiger partial charge in [0.15, 0.2) is 17.5 Å². The molecule has 1 aliphatic heterocycles. The number of hydrogen-bond donors (Lipinski definition) is 0. The van der Waals surface area contributed by atoms with E-state index in [9.17, 15) is 22.8 Å². The smallest absolute Gasteiger partial charge is 0.247 e. The molecule has 0 radical (unpaired) electrons. The van der Waals surface area contributed by atoms with Crippen LogP contribution < -0.4 is 9.80 Å². The monoisotopic (exact) mass is 348 g/mol. The molecule has 3 rings (SSSR count). The highest BCUT2D eigenvalue weighted by Gasteiger charge is 2.28. The van der Waals surface area contributed by atoms with Crippen molar-refractivity contribution in [3.63, 3.8) is 0 Å². The summed E-state index contributed by atoms with van der Waals surface area (Å²) in [6.45, 7) is 1.11. The zero-order valence-corrected chi connectivity index (χ0v) is 13.4. The van der Waals surface area contributed by atoms with E-state index >= 15 is 0 Å². The van der Waals surface area contributed by atoms with E-state index in [1.165, 1.54) is 4.90 Å². The standard InChI is InChI=1S/C18H15F3N2O2/c1-11(24)23(15-7-6-13(19)17(20)18(15)21)10-16(25)22-9-8-12-4-2-3-5-14(12)22/h2-7H,8-10H2,1H3. The summed E-state index contributed by atoms with van der Waals surface area (Å²) >= 11 is 0. The second-order valence-electron chi connectivity index (χ2n) is 5.72. The third-order valence-corrected chi connectivity index (χ3v) is 4.17. The van der Waals surface area contributed by atoms with Gasteiger partial charge < -0.3 is 9.80 Å². The minimum Gasteiger partial charge on any atom is -0.310 e. The number of benzene rings is 2. The van der Waals surface area contributed by atoms with Crippen LogP contribution in [0.4, 0.5) is 24.5 Å². The Kier molecular flexibility index (Phi) is 4.48. The summed E-state index contributed by atoms with van der Waals surface area (Å²) in [4.78, 5) is 26.8. The number of rotatable bonds is 3. The van der Waals surface area contributed by atoms with Crippen LogP contribution in [-0.4, -0.2) is 24.9 Å². The minimum atomic E-state index is -1.68. The lowest BCUT2D eigenvalue weighted by atomic mass is 10.2. The highest BCUT2D eigenvalue weighted by molar-refractivity contribution is 6.04. The third-order valence-electron chi connectivity index (χ3n) is 4.17. The Labute approximate surface area is 142 Å². The molecule has 0 bridgehead atoms. The Morgan fingerprint density at radius 1 is 1.08 bits per heavy atom. The van der Waals surface area contributed by atoms with Gasteiger partial charge in [-0.2, -0.15) is 0 Å². The lowest BCUT2D eigenvalue weighted by Crippen LogP contribution is -2.42. The van der Waals surface area contributed by atoms with Gasteiger partial charge >= 0.3 is 0 Å². The van der Waals surface area contributed by atoms with Crippen LogP contribution in [0, 0.1) is 17.5 Å². The van der Waals surface area contributed by atoms with Crippen LogP contribution in [0.15, 0.2) is 36.4 Å². The number of nitrogens with zero attached hydrogens (tertiary/aromatic N) is 2. The summed E-state index contributed by atoms with van der Waals surface area (Å²) in [6.07, 6.45) is 0.682. The number of fused-ring (bicyclic) bond motifs is 1. The van der Waals surface area contributed by atoms with Crippen LogP contribution in [0.5, 0.6) is 0 Å². The molecular formula is C18H15F3N2O2. The van der Waals surface area contributed by atoms with Crippen molar-refractivity contribution >= 4 is 23.2 Å². The van der Waals surface area contributed by atoms with Gasteiger partial charge in [-0.05, 0) is 30.2 Å². The van der Waals surface area contributed by atoms with Crippen molar-refractivity contribution in [3.05, 3.63) is 59.4 Å². The lowest BCUT2D eigenvalue weighted by Gasteiger charge is -2.25. The van der Waals surface area contributed by atoms with E-state index in [0.717, 1.165) is 35.2 Å². The fourth-order valence-electron chi connectivity index (χ4n) is 2.91. The number of amides is 2. The Balaban J connectivity index is 1.88. The third kappa shape index (κ3) is 3.09. The van der Waals surface area contributed by atoms with E-state index in [0.29, 0.717) is 13.0 Å².